The second-order valence-corrected chi connectivity index (χ2v) is 9.83. The first-order valence-corrected chi connectivity index (χ1v) is 12.6. The molecule has 0 unspecified atom stereocenters. The van der Waals surface area contributed by atoms with Crippen LogP contribution in [0.2, 0.25) is 0 Å². The summed E-state index contributed by atoms with van der Waals surface area (Å²) in [4.78, 5) is 20.3. The van der Waals surface area contributed by atoms with E-state index in [4.69, 9.17) is 0 Å². The van der Waals surface area contributed by atoms with Crippen molar-refractivity contribution in [1.82, 2.24) is 19.0 Å². The molecule has 5 heteroatoms. The lowest BCUT2D eigenvalue weighted by Gasteiger charge is -2.35. The number of fused-ring (bicyclic) bond motifs is 1. The molecule has 3 heterocycles. The molecule has 32 heavy (non-hydrogen) atoms. The summed E-state index contributed by atoms with van der Waals surface area (Å²) in [7, 11) is 0. The maximum Gasteiger partial charge on any atom is 0.329 e. The van der Waals surface area contributed by atoms with Gasteiger partial charge in [-0.2, -0.15) is 0 Å². The zero-order valence-electron chi connectivity index (χ0n) is 19.2. The van der Waals surface area contributed by atoms with Gasteiger partial charge in [0.2, 0.25) is 0 Å². The standard InChI is InChI=1S/C27H36N4O/c32-27-30(21-23-12-16-28-17-13-23)25-10-6-7-11-26(25)31(27)24-14-18-29(19-15-24)20-22-8-4-2-1-3-5-9-22/h6-7,10-13,16-17,22,24H,1-5,8-9,14-15,18-21H2. The van der Waals surface area contributed by atoms with Crippen LogP contribution in [0, 0.1) is 5.92 Å². The Morgan fingerprint density at radius 3 is 2.19 bits per heavy atom. The van der Waals surface area contributed by atoms with Crippen LogP contribution in [0.5, 0.6) is 0 Å². The van der Waals surface area contributed by atoms with Crippen LogP contribution in [-0.2, 0) is 6.54 Å². The van der Waals surface area contributed by atoms with Crippen molar-refractivity contribution in [3.05, 3.63) is 64.8 Å². The van der Waals surface area contributed by atoms with Gasteiger partial charge in [0.15, 0.2) is 0 Å². The van der Waals surface area contributed by atoms with E-state index in [1.54, 1.807) is 12.4 Å². The van der Waals surface area contributed by atoms with E-state index in [-0.39, 0.29) is 5.69 Å². The highest BCUT2D eigenvalue weighted by atomic mass is 16.1. The first-order chi connectivity index (χ1) is 15.8. The van der Waals surface area contributed by atoms with Crippen LogP contribution in [-0.4, -0.2) is 38.7 Å². The topological polar surface area (TPSA) is 43.1 Å². The lowest BCUT2D eigenvalue weighted by atomic mass is 9.90. The second-order valence-electron chi connectivity index (χ2n) is 9.83. The van der Waals surface area contributed by atoms with E-state index in [1.807, 2.05) is 22.8 Å². The zero-order chi connectivity index (χ0) is 21.8. The maximum absolute atomic E-state index is 13.6. The predicted octanol–water partition coefficient (Wildman–Crippen LogP) is 5.24. The van der Waals surface area contributed by atoms with Crippen LogP contribution in [0.15, 0.2) is 53.6 Å². The zero-order valence-corrected chi connectivity index (χ0v) is 19.2. The van der Waals surface area contributed by atoms with Crippen LogP contribution in [0.3, 0.4) is 0 Å². The molecule has 1 aliphatic heterocycles. The largest absolute Gasteiger partial charge is 0.329 e. The summed E-state index contributed by atoms with van der Waals surface area (Å²) < 4.78 is 4.02. The minimum Gasteiger partial charge on any atom is -0.303 e. The molecule has 1 saturated carbocycles. The Kier molecular flexibility index (Phi) is 6.72. The molecule has 2 aliphatic rings. The van der Waals surface area contributed by atoms with Crippen molar-refractivity contribution in [3.8, 4) is 0 Å². The van der Waals surface area contributed by atoms with Gasteiger partial charge in [-0.25, -0.2) is 4.79 Å². The van der Waals surface area contributed by atoms with E-state index in [2.05, 4.69) is 32.7 Å². The number of imidazole rings is 1. The highest BCUT2D eigenvalue weighted by Crippen LogP contribution is 2.28. The summed E-state index contributed by atoms with van der Waals surface area (Å²) in [6.45, 7) is 4.07. The van der Waals surface area contributed by atoms with Crippen molar-refractivity contribution in [3.63, 3.8) is 0 Å². The predicted molar refractivity (Wildman–Crippen MR) is 130 cm³/mol. The molecule has 0 N–H and O–H groups in total. The van der Waals surface area contributed by atoms with E-state index >= 15 is 0 Å². The number of likely N-dealkylation sites (tertiary alicyclic amines) is 1. The van der Waals surface area contributed by atoms with Gasteiger partial charge in [-0.05, 0) is 61.4 Å². The van der Waals surface area contributed by atoms with Gasteiger partial charge in [-0.15, -0.1) is 0 Å². The minimum absolute atomic E-state index is 0.126. The molecule has 0 spiro atoms. The van der Waals surface area contributed by atoms with Crippen molar-refractivity contribution < 1.29 is 0 Å². The Balaban J connectivity index is 1.31. The maximum atomic E-state index is 13.6. The third-order valence-electron chi connectivity index (χ3n) is 7.62. The fraction of sp³-hybridized carbons (Fsp3) is 0.556. The summed E-state index contributed by atoms with van der Waals surface area (Å²) >= 11 is 0. The SMILES string of the molecule is O=c1n(Cc2ccncc2)c2ccccc2n1C1CCN(CC2CCCCCCC2)CC1. The number of aromatic nitrogens is 3. The molecule has 1 aromatic carbocycles. The number of rotatable bonds is 5. The number of hydrogen-bond acceptors (Lipinski definition) is 3. The number of benzene rings is 1. The van der Waals surface area contributed by atoms with Crippen molar-refractivity contribution in [2.75, 3.05) is 19.6 Å². The Morgan fingerprint density at radius 2 is 1.47 bits per heavy atom. The molecule has 3 aromatic rings. The van der Waals surface area contributed by atoms with Gasteiger partial charge in [-0.1, -0.05) is 44.2 Å². The summed E-state index contributed by atoms with van der Waals surface area (Å²) in [6.07, 6.45) is 15.6. The molecule has 1 aliphatic carbocycles. The van der Waals surface area contributed by atoms with E-state index in [1.165, 1.54) is 51.5 Å². The highest BCUT2D eigenvalue weighted by Gasteiger charge is 2.26. The smallest absolute Gasteiger partial charge is 0.303 e. The average molecular weight is 433 g/mol. The molecule has 0 atom stereocenters. The van der Waals surface area contributed by atoms with Crippen LogP contribution >= 0.6 is 0 Å². The van der Waals surface area contributed by atoms with Crippen LogP contribution in [0.4, 0.5) is 0 Å². The van der Waals surface area contributed by atoms with E-state index in [0.717, 1.165) is 48.4 Å². The quantitative estimate of drug-likeness (QED) is 0.553. The van der Waals surface area contributed by atoms with Gasteiger partial charge in [0.25, 0.3) is 0 Å². The second kappa shape index (κ2) is 10.0. The summed E-state index contributed by atoms with van der Waals surface area (Å²) in [5, 5.41) is 0. The van der Waals surface area contributed by atoms with Crippen LogP contribution < -0.4 is 5.69 Å². The van der Waals surface area contributed by atoms with Gasteiger partial charge in [0.1, 0.15) is 0 Å². The molecule has 1 saturated heterocycles. The van der Waals surface area contributed by atoms with Crippen LogP contribution in [0.1, 0.15) is 69.4 Å². The molecule has 0 radical (unpaired) electrons. The number of piperidine rings is 1. The van der Waals surface area contributed by atoms with Gasteiger partial charge < -0.3 is 4.90 Å². The van der Waals surface area contributed by atoms with Gasteiger partial charge in [0.05, 0.1) is 17.6 Å². The lowest BCUT2D eigenvalue weighted by Crippen LogP contribution is -2.40. The van der Waals surface area contributed by atoms with Crippen LogP contribution in [0.25, 0.3) is 11.0 Å². The third-order valence-corrected chi connectivity index (χ3v) is 7.62. The summed E-state index contributed by atoms with van der Waals surface area (Å²) in [5.41, 5.74) is 3.34. The van der Waals surface area contributed by atoms with Crippen molar-refractivity contribution in [2.45, 2.75) is 70.4 Å². The number of para-hydroxylation sites is 2. The summed E-state index contributed by atoms with van der Waals surface area (Å²) in [6, 6.07) is 12.6. The van der Waals surface area contributed by atoms with E-state index in [0.29, 0.717) is 12.6 Å². The molecule has 2 aromatic heterocycles. The monoisotopic (exact) mass is 432 g/mol. The molecule has 5 rings (SSSR count). The Hall–Kier alpha value is -2.40. The Labute approximate surface area is 191 Å². The van der Waals surface area contributed by atoms with Crippen molar-refractivity contribution in [1.29, 1.82) is 0 Å². The minimum atomic E-state index is 0.126. The highest BCUT2D eigenvalue weighted by molar-refractivity contribution is 5.76. The van der Waals surface area contributed by atoms with Crippen molar-refractivity contribution >= 4 is 11.0 Å². The molecule has 0 amide bonds. The number of hydrogen-bond donors (Lipinski definition) is 0. The average Bonchev–Trinajstić information content (AvgIpc) is 3.08. The fourth-order valence-corrected chi connectivity index (χ4v) is 5.86. The van der Waals surface area contributed by atoms with Crippen molar-refractivity contribution in [2.24, 2.45) is 5.92 Å². The Morgan fingerprint density at radius 1 is 0.812 bits per heavy atom. The van der Waals surface area contributed by atoms with E-state index in [9.17, 15) is 4.79 Å². The number of pyridine rings is 1. The molecule has 170 valence electrons. The normalized spacial score (nSPS) is 19.8. The lowest BCUT2D eigenvalue weighted by molar-refractivity contribution is 0.152. The molecule has 5 nitrogen and oxygen atoms in total. The summed E-state index contributed by atoms with van der Waals surface area (Å²) in [5.74, 6) is 0.872. The van der Waals surface area contributed by atoms with Gasteiger partial charge in [0, 0.05) is 38.1 Å². The fourth-order valence-electron chi connectivity index (χ4n) is 5.86. The molecular formula is C27H36N4O. The molecule has 2 fully saturated rings. The molecular weight excluding hydrogens is 396 g/mol. The van der Waals surface area contributed by atoms with Gasteiger partial charge >= 0.3 is 5.69 Å². The first kappa shape index (κ1) is 21.4. The number of nitrogens with zero attached hydrogens (tertiary/aromatic N) is 4. The first-order valence-electron chi connectivity index (χ1n) is 12.6. The van der Waals surface area contributed by atoms with Gasteiger partial charge in [-0.3, -0.25) is 14.1 Å². The Bertz CT molecular complexity index is 1050. The molecule has 0 bridgehead atoms. The third kappa shape index (κ3) is 4.68. The van der Waals surface area contributed by atoms with E-state index < -0.39 is 0 Å².